The van der Waals surface area contributed by atoms with E-state index in [2.05, 4.69) is 29.1 Å². The van der Waals surface area contributed by atoms with Gasteiger partial charge in [-0.1, -0.05) is 52.5 Å². The molecule has 2 bridgehead atoms. The summed E-state index contributed by atoms with van der Waals surface area (Å²) in [6.45, 7) is 8.74. The van der Waals surface area contributed by atoms with Crippen LogP contribution in [0.4, 0.5) is 5.69 Å². The number of alkyl halides is 1. The molecule has 3 heterocycles. The Labute approximate surface area is 260 Å². The van der Waals surface area contributed by atoms with Crippen LogP contribution in [0.1, 0.15) is 51.4 Å². The number of benzene rings is 1. The van der Waals surface area contributed by atoms with Gasteiger partial charge in [-0.15, -0.1) is 24.9 Å². The van der Waals surface area contributed by atoms with Gasteiger partial charge in [-0.2, -0.15) is 0 Å². The Hall–Kier alpha value is -1.81. The zero-order chi connectivity index (χ0) is 29.6. The summed E-state index contributed by atoms with van der Waals surface area (Å²) in [5.41, 5.74) is 0.679. The molecule has 7 nitrogen and oxygen atoms in total. The first-order valence-electron chi connectivity index (χ1n) is 14.5. The Balaban J connectivity index is 1.65. The molecule has 41 heavy (non-hydrogen) atoms. The lowest BCUT2D eigenvalue weighted by molar-refractivity contribution is -0.154. The topological polar surface area (TPSA) is 87.1 Å². The van der Waals surface area contributed by atoms with E-state index in [9.17, 15) is 19.5 Å². The summed E-state index contributed by atoms with van der Waals surface area (Å²) >= 11 is 11.6. The van der Waals surface area contributed by atoms with E-state index in [0.717, 1.165) is 32.1 Å². The van der Waals surface area contributed by atoms with Crippen LogP contribution in [0.3, 0.4) is 0 Å². The van der Waals surface area contributed by atoms with Crippen LogP contribution in [0.5, 0.6) is 0 Å². The number of ether oxygens (including phenoxy) is 1. The summed E-state index contributed by atoms with van der Waals surface area (Å²) in [6.07, 6.45) is 9.72. The van der Waals surface area contributed by atoms with Gasteiger partial charge in [0, 0.05) is 40.5 Å². The van der Waals surface area contributed by atoms with Gasteiger partial charge in [0.15, 0.2) is 0 Å². The fourth-order valence-electron chi connectivity index (χ4n) is 6.55. The highest BCUT2D eigenvalue weighted by atomic mass is 79.9. The monoisotopic (exact) mass is 666 g/mol. The molecule has 0 aliphatic carbocycles. The molecular weight excluding hydrogens is 628 g/mol. The zero-order valence-corrected chi connectivity index (χ0v) is 26.5. The maximum Gasteiger partial charge on any atom is 0.310 e. The van der Waals surface area contributed by atoms with Crippen molar-refractivity contribution in [2.24, 2.45) is 11.8 Å². The lowest BCUT2D eigenvalue weighted by Crippen LogP contribution is -2.55. The lowest BCUT2D eigenvalue weighted by Gasteiger charge is -2.37. The SMILES string of the molecule is C=CCCCCOC(=O)[C@H]1[C@H]2C(=O)N(CCCCCCO)C(C(=O)N(CC=C)c3ccc(Cl)cc3)C23CC(Br)[C@@H]1S3. The molecule has 2 amide bonds. The second-order valence-corrected chi connectivity index (χ2v) is 14.2. The van der Waals surface area contributed by atoms with Crippen molar-refractivity contribution in [3.63, 3.8) is 0 Å². The van der Waals surface area contributed by atoms with E-state index >= 15 is 0 Å². The van der Waals surface area contributed by atoms with Gasteiger partial charge in [-0.05, 0) is 62.8 Å². The minimum absolute atomic E-state index is 0.0157. The van der Waals surface area contributed by atoms with Gasteiger partial charge >= 0.3 is 5.97 Å². The van der Waals surface area contributed by atoms with Crippen LogP contribution in [0.25, 0.3) is 0 Å². The molecule has 10 heteroatoms. The number of aliphatic hydroxyl groups is 1. The molecule has 224 valence electrons. The number of fused-ring (bicyclic) bond motifs is 1. The number of amides is 2. The Morgan fingerprint density at radius 1 is 1.15 bits per heavy atom. The number of unbranched alkanes of at least 4 members (excludes halogenated alkanes) is 5. The quantitative estimate of drug-likeness (QED) is 0.104. The zero-order valence-electron chi connectivity index (χ0n) is 23.4. The second kappa shape index (κ2) is 14.6. The Bertz CT molecular complexity index is 1120. The number of thioether (sulfide) groups is 1. The minimum Gasteiger partial charge on any atom is -0.465 e. The number of likely N-dealkylation sites (tertiary alicyclic amines) is 1. The van der Waals surface area contributed by atoms with Gasteiger partial charge in [-0.3, -0.25) is 14.4 Å². The summed E-state index contributed by atoms with van der Waals surface area (Å²) in [5, 5.41) is 9.60. The molecule has 0 saturated carbocycles. The molecule has 4 rings (SSSR count). The number of hydrogen-bond acceptors (Lipinski definition) is 6. The minimum atomic E-state index is -0.740. The summed E-state index contributed by atoms with van der Waals surface area (Å²) in [4.78, 5) is 45.7. The first-order chi connectivity index (χ1) is 19.8. The molecule has 6 atom stereocenters. The summed E-state index contributed by atoms with van der Waals surface area (Å²) in [7, 11) is 0. The summed E-state index contributed by atoms with van der Waals surface area (Å²) in [6, 6.07) is 6.35. The average Bonchev–Trinajstić information content (AvgIpc) is 3.55. The average molecular weight is 668 g/mol. The molecule has 3 aliphatic rings. The number of anilines is 1. The Morgan fingerprint density at radius 3 is 2.56 bits per heavy atom. The summed E-state index contributed by atoms with van der Waals surface area (Å²) < 4.78 is 4.99. The van der Waals surface area contributed by atoms with Crippen LogP contribution in [-0.2, 0) is 19.1 Å². The molecule has 1 N–H and O–H groups in total. The van der Waals surface area contributed by atoms with Gasteiger partial charge in [0.1, 0.15) is 6.04 Å². The molecular formula is C31H40BrClN2O5S. The number of aliphatic hydroxyl groups excluding tert-OH is 1. The first-order valence-corrected chi connectivity index (χ1v) is 16.7. The number of allylic oxidation sites excluding steroid dienone is 1. The summed E-state index contributed by atoms with van der Waals surface area (Å²) in [5.74, 6) is -1.88. The van der Waals surface area contributed by atoms with Crippen molar-refractivity contribution in [1.29, 1.82) is 0 Å². The lowest BCUT2D eigenvalue weighted by atomic mass is 9.71. The largest absolute Gasteiger partial charge is 0.465 e. The third-order valence-electron chi connectivity index (χ3n) is 8.37. The van der Waals surface area contributed by atoms with E-state index in [1.807, 2.05) is 6.08 Å². The molecule has 0 aromatic heterocycles. The number of rotatable bonds is 16. The van der Waals surface area contributed by atoms with Crippen LogP contribution in [0, 0.1) is 11.8 Å². The first kappa shape index (κ1) is 32.1. The fraction of sp³-hybridized carbons (Fsp3) is 0.581. The van der Waals surface area contributed by atoms with E-state index in [4.69, 9.17) is 16.3 Å². The van der Waals surface area contributed by atoms with Gasteiger partial charge in [0.05, 0.1) is 23.2 Å². The highest BCUT2D eigenvalue weighted by Gasteiger charge is 2.76. The van der Waals surface area contributed by atoms with Crippen LogP contribution in [0.2, 0.25) is 5.02 Å². The van der Waals surface area contributed by atoms with Crippen molar-refractivity contribution in [2.45, 2.75) is 72.2 Å². The fourth-order valence-corrected chi connectivity index (χ4v) is 10.3. The van der Waals surface area contributed by atoms with Crippen LogP contribution in [-0.4, -0.2) is 75.0 Å². The predicted octanol–water partition coefficient (Wildman–Crippen LogP) is 5.78. The molecule has 3 saturated heterocycles. The Kier molecular flexibility index (Phi) is 11.4. The highest BCUT2D eigenvalue weighted by Crippen LogP contribution is 2.68. The molecule has 0 radical (unpaired) electrons. The maximum atomic E-state index is 14.6. The number of hydrogen-bond donors (Lipinski definition) is 1. The number of carbonyl (C=O) groups excluding carboxylic acids is 3. The van der Waals surface area contributed by atoms with Crippen molar-refractivity contribution in [2.75, 3.05) is 31.2 Å². The van der Waals surface area contributed by atoms with E-state index in [0.29, 0.717) is 43.1 Å². The smallest absolute Gasteiger partial charge is 0.310 e. The molecule has 1 spiro atoms. The maximum absolute atomic E-state index is 14.6. The van der Waals surface area contributed by atoms with Gasteiger partial charge in [0.25, 0.3) is 5.91 Å². The number of carbonyl (C=O) groups is 3. The van der Waals surface area contributed by atoms with Gasteiger partial charge in [0.2, 0.25) is 5.91 Å². The van der Waals surface area contributed by atoms with E-state index < -0.39 is 22.6 Å². The van der Waals surface area contributed by atoms with E-state index in [1.54, 1.807) is 51.9 Å². The van der Waals surface area contributed by atoms with Crippen LogP contribution in [0.15, 0.2) is 49.6 Å². The van der Waals surface area contributed by atoms with Gasteiger partial charge in [-0.25, -0.2) is 0 Å². The third-order valence-corrected chi connectivity index (χ3v) is 11.8. The van der Waals surface area contributed by atoms with Crippen LogP contribution < -0.4 is 4.90 Å². The molecule has 3 aliphatic heterocycles. The normalized spacial score (nSPS) is 28.0. The van der Waals surface area contributed by atoms with Crippen molar-refractivity contribution >= 4 is 62.8 Å². The van der Waals surface area contributed by atoms with Crippen molar-refractivity contribution in [1.82, 2.24) is 4.90 Å². The molecule has 3 unspecified atom stereocenters. The second-order valence-electron chi connectivity index (χ2n) is 11.0. The van der Waals surface area contributed by atoms with Crippen molar-refractivity contribution in [3.05, 3.63) is 54.6 Å². The standard InChI is InChI=1S/C31H40BrClN2O5S/c1-3-5-6-11-19-40-30(39)24-25-28(37)35(17-9-7-8-10-18-36)27(31(25)20-23(32)26(24)41-31)29(38)34(16-4-2)22-14-12-21(33)13-15-22/h3-4,12-15,23-27,36H,1-2,5-11,16-20H2/t23?,24-,25-,26-,27?,31?/m0/s1. The van der Waals surface area contributed by atoms with Crippen LogP contribution >= 0.6 is 39.3 Å². The number of nitrogens with zero attached hydrogens (tertiary/aromatic N) is 2. The number of halogens is 2. The molecule has 3 fully saturated rings. The van der Waals surface area contributed by atoms with E-state index in [-0.39, 0.29) is 41.0 Å². The van der Waals surface area contributed by atoms with Crippen molar-refractivity contribution < 1.29 is 24.2 Å². The highest BCUT2D eigenvalue weighted by molar-refractivity contribution is 9.09. The van der Waals surface area contributed by atoms with Gasteiger partial charge < -0.3 is 19.6 Å². The predicted molar refractivity (Wildman–Crippen MR) is 168 cm³/mol. The van der Waals surface area contributed by atoms with E-state index in [1.165, 1.54) is 0 Å². The van der Waals surface area contributed by atoms with Crippen molar-refractivity contribution in [3.8, 4) is 0 Å². The third kappa shape index (κ3) is 6.58. The Morgan fingerprint density at radius 2 is 1.88 bits per heavy atom. The molecule has 1 aromatic carbocycles. The number of esters is 1. The molecule has 1 aromatic rings.